The van der Waals surface area contributed by atoms with E-state index in [1.54, 1.807) is 19.3 Å². The van der Waals surface area contributed by atoms with Crippen LogP contribution in [-0.4, -0.2) is 19.9 Å². The smallest absolute Gasteiger partial charge is 0.336 e. The molecule has 20 heavy (non-hydrogen) atoms. The average Bonchev–Trinajstić information content (AvgIpc) is 2.94. The minimum Gasteiger partial charge on any atom is -0.336 e. The van der Waals surface area contributed by atoms with E-state index in [1.807, 2.05) is 0 Å². The molecule has 0 amide bonds. The van der Waals surface area contributed by atoms with Gasteiger partial charge in [-0.3, -0.25) is 4.68 Å². The number of fused-ring (bicyclic) bond motifs is 1. The Labute approximate surface area is 111 Å². The van der Waals surface area contributed by atoms with Gasteiger partial charge in [0.1, 0.15) is 5.69 Å². The van der Waals surface area contributed by atoms with E-state index in [0.717, 1.165) is 6.07 Å². The molecular weight excluding hydrogens is 273 g/mol. The van der Waals surface area contributed by atoms with Gasteiger partial charge in [0, 0.05) is 13.2 Å². The number of hydrogen-bond acceptors (Lipinski definition) is 4. The lowest BCUT2D eigenvalue weighted by Crippen LogP contribution is -2.07. The van der Waals surface area contributed by atoms with Gasteiger partial charge in [-0.05, 0) is 19.1 Å². The van der Waals surface area contributed by atoms with Gasteiger partial charge in [-0.2, -0.15) is 18.3 Å². The summed E-state index contributed by atoms with van der Waals surface area (Å²) in [4.78, 5) is 4.05. The van der Waals surface area contributed by atoms with Crippen molar-refractivity contribution >= 4 is 11.1 Å². The molecule has 104 valence electrons. The normalized spacial score (nSPS) is 12.2. The molecule has 0 atom stereocenters. The first-order valence-electron chi connectivity index (χ1n) is 5.70. The number of aromatic nitrogens is 4. The molecule has 3 rings (SSSR count). The van der Waals surface area contributed by atoms with Crippen LogP contribution >= 0.6 is 0 Å². The van der Waals surface area contributed by atoms with E-state index in [0.29, 0.717) is 5.69 Å². The van der Waals surface area contributed by atoms with Crippen molar-refractivity contribution < 1.29 is 17.7 Å². The highest BCUT2D eigenvalue weighted by Gasteiger charge is 2.35. The summed E-state index contributed by atoms with van der Waals surface area (Å²) in [6.07, 6.45) is -2.89. The second-order valence-corrected chi connectivity index (χ2v) is 4.38. The van der Waals surface area contributed by atoms with Gasteiger partial charge in [-0.15, -0.1) is 0 Å². The summed E-state index contributed by atoms with van der Waals surface area (Å²) < 4.78 is 45.8. The molecule has 0 spiro atoms. The number of rotatable bonds is 1. The second-order valence-electron chi connectivity index (χ2n) is 4.38. The Kier molecular flexibility index (Phi) is 2.56. The summed E-state index contributed by atoms with van der Waals surface area (Å²) in [6.45, 7) is 1.45. The van der Waals surface area contributed by atoms with Gasteiger partial charge in [0.05, 0.1) is 22.3 Å². The number of nitrogens with zero attached hydrogens (tertiary/aromatic N) is 4. The molecule has 0 aliphatic rings. The first-order chi connectivity index (χ1) is 9.36. The fraction of sp³-hybridized carbons (Fsp3) is 0.250. The van der Waals surface area contributed by atoms with Crippen molar-refractivity contribution in [3.05, 3.63) is 29.6 Å². The zero-order valence-electron chi connectivity index (χ0n) is 10.6. The van der Waals surface area contributed by atoms with Gasteiger partial charge >= 0.3 is 6.18 Å². The van der Waals surface area contributed by atoms with Crippen molar-refractivity contribution in [2.24, 2.45) is 7.05 Å². The molecule has 8 heteroatoms. The molecule has 0 aliphatic heterocycles. The fourth-order valence-electron chi connectivity index (χ4n) is 2.00. The third-order valence-electron chi connectivity index (χ3n) is 2.90. The van der Waals surface area contributed by atoms with Gasteiger partial charge in [-0.25, -0.2) is 4.98 Å². The molecule has 3 heterocycles. The molecule has 0 radical (unpaired) electrons. The number of alkyl halides is 3. The second kappa shape index (κ2) is 4.06. The molecule has 0 saturated carbocycles. The molecule has 3 aromatic rings. The molecule has 0 aliphatic carbocycles. The van der Waals surface area contributed by atoms with Crippen molar-refractivity contribution in [3.8, 4) is 11.4 Å². The van der Waals surface area contributed by atoms with Crippen LogP contribution in [0.25, 0.3) is 22.5 Å². The zero-order chi connectivity index (χ0) is 14.5. The lowest BCUT2D eigenvalue weighted by Gasteiger charge is -2.08. The zero-order valence-corrected chi connectivity index (χ0v) is 10.6. The maximum absolute atomic E-state index is 13.2. The molecule has 0 aromatic carbocycles. The Morgan fingerprint density at radius 1 is 1.25 bits per heavy atom. The Hall–Kier alpha value is -2.38. The number of halogens is 3. The third kappa shape index (κ3) is 1.93. The highest BCUT2D eigenvalue weighted by atomic mass is 19.4. The van der Waals surface area contributed by atoms with E-state index < -0.39 is 11.7 Å². The van der Waals surface area contributed by atoms with Crippen molar-refractivity contribution in [2.45, 2.75) is 13.1 Å². The summed E-state index contributed by atoms with van der Waals surface area (Å²) >= 11 is 0. The van der Waals surface area contributed by atoms with Gasteiger partial charge in [0.25, 0.3) is 5.71 Å². The van der Waals surface area contributed by atoms with E-state index in [2.05, 4.69) is 15.2 Å². The summed E-state index contributed by atoms with van der Waals surface area (Å²) in [7, 11) is 1.67. The van der Waals surface area contributed by atoms with Crippen LogP contribution in [0, 0.1) is 6.92 Å². The predicted molar refractivity (Wildman–Crippen MR) is 63.7 cm³/mol. The van der Waals surface area contributed by atoms with Crippen LogP contribution in [0.5, 0.6) is 0 Å². The summed E-state index contributed by atoms with van der Waals surface area (Å²) in [5, 5.41) is 7.48. The number of aryl methyl sites for hydroxylation is 2. The highest BCUT2D eigenvalue weighted by molar-refractivity contribution is 5.83. The predicted octanol–water partition coefficient (Wildman–Crippen LogP) is 2.95. The maximum Gasteiger partial charge on any atom is 0.417 e. The highest BCUT2D eigenvalue weighted by Crippen LogP contribution is 2.37. The average molecular weight is 282 g/mol. The lowest BCUT2D eigenvalue weighted by atomic mass is 10.1. The molecule has 5 nitrogen and oxygen atoms in total. The monoisotopic (exact) mass is 282 g/mol. The third-order valence-corrected chi connectivity index (χ3v) is 2.90. The molecule has 3 aromatic heterocycles. The van der Waals surface area contributed by atoms with Gasteiger partial charge in [-0.1, -0.05) is 5.16 Å². The van der Waals surface area contributed by atoms with E-state index in [4.69, 9.17) is 4.52 Å². The Balaban J connectivity index is 2.31. The van der Waals surface area contributed by atoms with Crippen LogP contribution in [0.15, 0.2) is 22.9 Å². The topological polar surface area (TPSA) is 56.7 Å². The molecule has 0 unspecified atom stereocenters. The van der Waals surface area contributed by atoms with E-state index >= 15 is 0 Å². The van der Waals surface area contributed by atoms with Crippen molar-refractivity contribution in [1.29, 1.82) is 0 Å². The summed E-state index contributed by atoms with van der Waals surface area (Å²) in [5.41, 5.74) is -0.359. The SMILES string of the molecule is Cc1noc2nc(-c3ccn(C)n3)cc(C(F)(F)F)c12. The Morgan fingerprint density at radius 2 is 2.00 bits per heavy atom. The van der Waals surface area contributed by atoms with Crippen molar-refractivity contribution in [1.82, 2.24) is 19.9 Å². The fourth-order valence-corrected chi connectivity index (χ4v) is 2.00. The first kappa shape index (κ1) is 12.6. The van der Waals surface area contributed by atoms with Crippen LogP contribution in [-0.2, 0) is 13.2 Å². The minimum absolute atomic E-state index is 0.0987. The molecule has 0 saturated heterocycles. The van der Waals surface area contributed by atoms with Crippen LogP contribution in [0.2, 0.25) is 0 Å². The molecule has 0 fully saturated rings. The van der Waals surface area contributed by atoms with Crippen LogP contribution in [0.3, 0.4) is 0 Å². The van der Waals surface area contributed by atoms with Gasteiger partial charge in [0.15, 0.2) is 0 Å². The van der Waals surface area contributed by atoms with E-state index in [-0.39, 0.29) is 22.5 Å². The van der Waals surface area contributed by atoms with Crippen LogP contribution in [0.4, 0.5) is 13.2 Å². The standard InChI is InChI=1S/C12H9F3N4O/c1-6-10-7(12(13,14)15)5-9(16-11(10)20-18-6)8-3-4-19(2)17-8/h3-5H,1-2H3. The van der Waals surface area contributed by atoms with E-state index in [9.17, 15) is 13.2 Å². The number of hydrogen-bond donors (Lipinski definition) is 0. The summed E-state index contributed by atoms with van der Waals surface area (Å²) in [6, 6.07) is 2.55. The molecule has 0 N–H and O–H groups in total. The molecule has 0 bridgehead atoms. The van der Waals surface area contributed by atoms with Crippen molar-refractivity contribution in [3.63, 3.8) is 0 Å². The maximum atomic E-state index is 13.2. The van der Waals surface area contributed by atoms with Gasteiger partial charge in [0.2, 0.25) is 0 Å². The van der Waals surface area contributed by atoms with Crippen molar-refractivity contribution in [2.75, 3.05) is 0 Å². The molecular formula is C12H9F3N4O. The summed E-state index contributed by atoms with van der Waals surface area (Å²) in [5.74, 6) is 0. The van der Waals surface area contributed by atoms with Gasteiger partial charge < -0.3 is 4.52 Å². The number of pyridine rings is 1. The van der Waals surface area contributed by atoms with Crippen LogP contribution < -0.4 is 0 Å². The Morgan fingerprint density at radius 3 is 2.60 bits per heavy atom. The quantitative estimate of drug-likeness (QED) is 0.688. The largest absolute Gasteiger partial charge is 0.417 e. The minimum atomic E-state index is -4.51. The Bertz CT molecular complexity index is 788. The van der Waals surface area contributed by atoms with E-state index in [1.165, 1.54) is 11.6 Å². The first-order valence-corrected chi connectivity index (χ1v) is 5.70. The van der Waals surface area contributed by atoms with Crippen LogP contribution in [0.1, 0.15) is 11.3 Å². The lowest BCUT2D eigenvalue weighted by molar-refractivity contribution is -0.136.